The van der Waals surface area contributed by atoms with Crippen molar-refractivity contribution in [1.29, 1.82) is 0 Å². The fourth-order valence-electron chi connectivity index (χ4n) is 4.04. The van der Waals surface area contributed by atoms with Gasteiger partial charge >= 0.3 is 0 Å². The molecule has 1 aromatic heterocycles. The van der Waals surface area contributed by atoms with E-state index in [-0.39, 0.29) is 30.2 Å². The van der Waals surface area contributed by atoms with Crippen LogP contribution < -0.4 is 10.2 Å². The van der Waals surface area contributed by atoms with Gasteiger partial charge in [-0.1, -0.05) is 44.2 Å². The predicted octanol–water partition coefficient (Wildman–Crippen LogP) is 2.68. The first-order valence-electron chi connectivity index (χ1n) is 10.0. The average Bonchev–Trinajstić information content (AvgIpc) is 3.34. The second-order valence-electron chi connectivity index (χ2n) is 7.83. The summed E-state index contributed by atoms with van der Waals surface area (Å²) >= 11 is 0. The molecule has 9 nitrogen and oxygen atoms in total. The molecule has 0 fully saturated rings. The van der Waals surface area contributed by atoms with E-state index in [9.17, 15) is 14.4 Å². The first kappa shape index (κ1) is 19.0. The number of aromatic nitrogens is 3. The molecule has 0 saturated carbocycles. The lowest BCUT2D eigenvalue weighted by Crippen LogP contribution is -2.50. The van der Waals surface area contributed by atoms with Crippen LogP contribution in [0.1, 0.15) is 58.0 Å². The fourth-order valence-corrected chi connectivity index (χ4v) is 4.04. The summed E-state index contributed by atoms with van der Waals surface area (Å²) in [5.41, 5.74) is 2.15. The lowest BCUT2D eigenvalue weighted by Gasteiger charge is -2.40. The Hall–Kier alpha value is -4.01. The molecule has 31 heavy (non-hydrogen) atoms. The molecule has 1 atom stereocenters. The molecule has 0 bridgehead atoms. The van der Waals surface area contributed by atoms with Crippen LogP contribution in [0.3, 0.4) is 0 Å². The number of fused-ring (bicyclic) bond motifs is 5. The van der Waals surface area contributed by atoms with Gasteiger partial charge in [0.05, 0.1) is 11.3 Å². The van der Waals surface area contributed by atoms with E-state index in [1.807, 2.05) is 26.0 Å². The van der Waals surface area contributed by atoms with Crippen LogP contribution in [0.15, 0.2) is 48.5 Å². The third-order valence-corrected chi connectivity index (χ3v) is 5.50. The molecule has 3 amide bonds. The van der Waals surface area contributed by atoms with Gasteiger partial charge in [0.2, 0.25) is 11.9 Å². The van der Waals surface area contributed by atoms with Gasteiger partial charge in [-0.2, -0.15) is 4.98 Å². The summed E-state index contributed by atoms with van der Waals surface area (Å²) in [7, 11) is 0. The fraction of sp³-hybridized carbons (Fsp3) is 0.227. The number of nitrogens with zero attached hydrogens (tertiary/aromatic N) is 4. The number of amides is 3. The van der Waals surface area contributed by atoms with Crippen LogP contribution in [0, 0.1) is 0 Å². The second kappa shape index (κ2) is 7.05. The maximum atomic E-state index is 13.3. The number of carbonyl (C=O) groups excluding carboxylic acids is 3. The Labute approximate surface area is 178 Å². The highest BCUT2D eigenvalue weighted by Crippen LogP contribution is 2.44. The van der Waals surface area contributed by atoms with Crippen molar-refractivity contribution in [2.24, 2.45) is 0 Å². The van der Waals surface area contributed by atoms with Crippen molar-refractivity contribution in [2.75, 3.05) is 16.8 Å². The first-order valence-corrected chi connectivity index (χ1v) is 10.0. The second-order valence-corrected chi connectivity index (χ2v) is 7.83. The summed E-state index contributed by atoms with van der Waals surface area (Å²) < 4.78 is 0. The molecule has 0 radical (unpaired) electrons. The third-order valence-electron chi connectivity index (χ3n) is 5.50. The molecule has 2 aromatic carbocycles. The minimum atomic E-state index is -0.685. The van der Waals surface area contributed by atoms with Gasteiger partial charge in [-0.15, -0.1) is 5.10 Å². The summed E-state index contributed by atoms with van der Waals surface area (Å²) in [4.78, 5) is 46.5. The summed E-state index contributed by atoms with van der Waals surface area (Å²) in [5, 5.41) is 9.42. The highest BCUT2D eigenvalue weighted by atomic mass is 16.2. The van der Waals surface area contributed by atoms with Crippen molar-refractivity contribution in [3.8, 4) is 0 Å². The number of hydrogen-bond acceptors (Lipinski definition) is 5. The lowest BCUT2D eigenvalue weighted by molar-refractivity contribution is -0.117. The Morgan fingerprint density at radius 2 is 1.77 bits per heavy atom. The monoisotopic (exact) mass is 416 g/mol. The van der Waals surface area contributed by atoms with Gasteiger partial charge in [0, 0.05) is 17.0 Å². The normalized spacial score (nSPS) is 16.9. The van der Waals surface area contributed by atoms with Gasteiger partial charge in [-0.25, -0.2) is 0 Å². The molecule has 1 unspecified atom stereocenters. The van der Waals surface area contributed by atoms with E-state index in [0.717, 1.165) is 0 Å². The molecular formula is C22H20N6O3. The highest BCUT2D eigenvalue weighted by molar-refractivity contribution is 6.17. The number of hydrogen-bond donors (Lipinski definition) is 2. The smallest absolute Gasteiger partial charge is 0.260 e. The molecule has 2 N–H and O–H groups in total. The number of rotatable bonds is 4. The summed E-state index contributed by atoms with van der Waals surface area (Å²) in [6, 6.07) is 14.1. The van der Waals surface area contributed by atoms with E-state index in [4.69, 9.17) is 0 Å². The van der Waals surface area contributed by atoms with Gasteiger partial charge in [0.1, 0.15) is 18.5 Å². The lowest BCUT2D eigenvalue weighted by atomic mass is 10.0. The van der Waals surface area contributed by atoms with E-state index < -0.39 is 12.1 Å². The van der Waals surface area contributed by atoms with E-state index in [1.54, 1.807) is 41.3 Å². The Kier molecular flexibility index (Phi) is 4.32. The van der Waals surface area contributed by atoms with Crippen molar-refractivity contribution in [2.45, 2.75) is 25.9 Å². The molecule has 5 rings (SSSR count). The maximum absolute atomic E-state index is 13.3. The first-order chi connectivity index (χ1) is 15.0. The zero-order valence-electron chi connectivity index (χ0n) is 17.0. The summed E-state index contributed by atoms with van der Waals surface area (Å²) in [5.74, 6) is -0.0133. The Morgan fingerprint density at radius 1 is 1.06 bits per heavy atom. The van der Waals surface area contributed by atoms with E-state index in [0.29, 0.717) is 28.2 Å². The standard InChI is InChI=1S/C22H20N6O3/c1-12(2)18-24-22(26-25-18)23-17(29)11-27-19-13-7-3-4-8-14(13)21(31)28(19)16-10-6-5-9-15(16)20(27)30/h3-10,12,19H,11H2,1-2H3,(H2,23,24,25,26,29). The van der Waals surface area contributed by atoms with Crippen molar-refractivity contribution < 1.29 is 14.4 Å². The number of H-pyrrole nitrogens is 1. The number of carbonyl (C=O) groups is 3. The van der Waals surface area contributed by atoms with Crippen LogP contribution in [0.5, 0.6) is 0 Å². The Bertz CT molecular complexity index is 1220. The van der Waals surface area contributed by atoms with Gasteiger partial charge in [-0.05, 0) is 18.2 Å². The number of anilines is 2. The zero-order valence-corrected chi connectivity index (χ0v) is 17.0. The topological polar surface area (TPSA) is 111 Å². The van der Waals surface area contributed by atoms with Gasteiger partial charge in [0.25, 0.3) is 11.8 Å². The van der Waals surface area contributed by atoms with Crippen LogP contribution in [-0.2, 0) is 4.79 Å². The maximum Gasteiger partial charge on any atom is 0.260 e. The average molecular weight is 416 g/mol. The number of nitrogens with one attached hydrogen (secondary N) is 2. The number of para-hydroxylation sites is 1. The molecule has 3 heterocycles. The highest BCUT2D eigenvalue weighted by Gasteiger charge is 2.48. The molecule has 0 spiro atoms. The predicted molar refractivity (Wildman–Crippen MR) is 113 cm³/mol. The quantitative estimate of drug-likeness (QED) is 0.679. The summed E-state index contributed by atoms with van der Waals surface area (Å²) in [6.07, 6.45) is -0.685. The minimum absolute atomic E-state index is 0.132. The molecule has 2 aliphatic rings. The Morgan fingerprint density at radius 3 is 2.52 bits per heavy atom. The van der Waals surface area contributed by atoms with Crippen LogP contribution >= 0.6 is 0 Å². The van der Waals surface area contributed by atoms with Crippen molar-refractivity contribution in [1.82, 2.24) is 20.1 Å². The van der Waals surface area contributed by atoms with Crippen molar-refractivity contribution in [3.63, 3.8) is 0 Å². The zero-order chi connectivity index (χ0) is 21.7. The van der Waals surface area contributed by atoms with Gasteiger partial charge in [-0.3, -0.25) is 29.7 Å². The number of benzene rings is 2. The van der Waals surface area contributed by atoms with Crippen LogP contribution in [0.4, 0.5) is 11.6 Å². The molecule has 9 heteroatoms. The molecular weight excluding hydrogens is 396 g/mol. The SMILES string of the molecule is CC(C)c1nc(NC(=O)CN2C(=O)c3ccccc3N3C(=O)c4ccccc4C23)n[nH]1. The van der Waals surface area contributed by atoms with E-state index >= 15 is 0 Å². The number of aromatic amines is 1. The third kappa shape index (κ3) is 2.97. The van der Waals surface area contributed by atoms with Gasteiger partial charge in [0.15, 0.2) is 0 Å². The molecule has 3 aromatic rings. The van der Waals surface area contributed by atoms with Crippen molar-refractivity contribution >= 4 is 29.4 Å². The van der Waals surface area contributed by atoms with Gasteiger partial charge < -0.3 is 4.90 Å². The van der Waals surface area contributed by atoms with Crippen LogP contribution in [-0.4, -0.2) is 44.3 Å². The molecule has 0 saturated heterocycles. The largest absolute Gasteiger partial charge is 0.304 e. The summed E-state index contributed by atoms with van der Waals surface area (Å²) in [6.45, 7) is 3.67. The molecule has 2 aliphatic heterocycles. The molecule has 0 aliphatic carbocycles. The van der Waals surface area contributed by atoms with Crippen LogP contribution in [0.2, 0.25) is 0 Å². The molecule has 156 valence electrons. The van der Waals surface area contributed by atoms with Crippen molar-refractivity contribution in [3.05, 3.63) is 71.0 Å². The Balaban J connectivity index is 1.49. The van der Waals surface area contributed by atoms with Crippen LogP contribution in [0.25, 0.3) is 0 Å². The van der Waals surface area contributed by atoms with E-state index in [2.05, 4.69) is 20.5 Å². The minimum Gasteiger partial charge on any atom is -0.304 e. The van der Waals surface area contributed by atoms with E-state index in [1.165, 1.54) is 4.90 Å².